The largest absolute Gasteiger partial charge is 0.481 e. The number of aliphatic carboxylic acids is 1. The molecule has 2 nitrogen and oxygen atoms in total. The molecule has 4 heteroatoms. The molecule has 0 aromatic heterocycles. The van der Waals surface area contributed by atoms with Crippen molar-refractivity contribution in [3.05, 3.63) is 34.9 Å². The molecule has 0 unspecified atom stereocenters. The van der Waals surface area contributed by atoms with Crippen LogP contribution in [-0.2, 0) is 10.2 Å². The monoisotopic (exact) mass is 240 g/mol. The Hall–Kier alpha value is -1.45. The van der Waals surface area contributed by atoms with Crippen LogP contribution in [0.5, 0.6) is 0 Å². The molecule has 1 N–H and O–H groups in total. The summed E-state index contributed by atoms with van der Waals surface area (Å²) in [6, 6.07) is 2.39. The fraction of sp³-hybridized carbons (Fsp3) is 0.462. The van der Waals surface area contributed by atoms with Crippen molar-refractivity contribution in [3.63, 3.8) is 0 Å². The smallest absolute Gasteiger partial charge is 0.314 e. The first-order chi connectivity index (χ1) is 7.97. The van der Waals surface area contributed by atoms with Crippen LogP contribution in [0.25, 0.3) is 0 Å². The molecule has 0 radical (unpaired) electrons. The molecule has 1 aliphatic rings. The minimum atomic E-state index is -1.37. The summed E-state index contributed by atoms with van der Waals surface area (Å²) in [4.78, 5) is 11.4. The number of halogens is 2. The lowest BCUT2D eigenvalue weighted by Gasteiger charge is -2.25. The average molecular weight is 240 g/mol. The summed E-state index contributed by atoms with van der Waals surface area (Å²) in [6.45, 7) is 1.58. The van der Waals surface area contributed by atoms with E-state index in [-0.39, 0.29) is 5.56 Å². The van der Waals surface area contributed by atoms with Crippen molar-refractivity contribution < 1.29 is 18.7 Å². The first-order valence-corrected chi connectivity index (χ1v) is 5.67. The normalized spacial score (nSPS) is 18.3. The third-order valence-electron chi connectivity index (χ3n) is 3.53. The highest BCUT2D eigenvalue weighted by Crippen LogP contribution is 2.43. The molecule has 1 fully saturated rings. The number of benzene rings is 1. The van der Waals surface area contributed by atoms with Crippen LogP contribution in [0.1, 0.15) is 36.8 Å². The zero-order valence-electron chi connectivity index (χ0n) is 9.59. The van der Waals surface area contributed by atoms with E-state index in [1.807, 2.05) is 0 Å². The molecule has 2 rings (SSSR count). The van der Waals surface area contributed by atoms with Crippen LogP contribution in [-0.4, -0.2) is 11.1 Å². The van der Waals surface area contributed by atoms with Crippen molar-refractivity contribution in [2.45, 2.75) is 38.0 Å². The predicted molar refractivity (Wildman–Crippen MR) is 58.9 cm³/mol. The van der Waals surface area contributed by atoms with Gasteiger partial charge in [-0.25, -0.2) is 8.78 Å². The van der Waals surface area contributed by atoms with Crippen LogP contribution in [0.2, 0.25) is 0 Å². The van der Waals surface area contributed by atoms with Gasteiger partial charge in [-0.2, -0.15) is 0 Å². The minimum Gasteiger partial charge on any atom is -0.481 e. The van der Waals surface area contributed by atoms with E-state index in [4.69, 9.17) is 0 Å². The quantitative estimate of drug-likeness (QED) is 0.862. The van der Waals surface area contributed by atoms with Gasteiger partial charge in [0, 0.05) is 5.56 Å². The molecule has 0 aliphatic heterocycles. The maximum atomic E-state index is 13.9. The van der Waals surface area contributed by atoms with Gasteiger partial charge in [0.15, 0.2) is 0 Å². The number of carboxylic acids is 1. The summed E-state index contributed by atoms with van der Waals surface area (Å²) in [7, 11) is 0. The summed E-state index contributed by atoms with van der Waals surface area (Å²) in [5, 5.41) is 9.30. The lowest BCUT2D eigenvalue weighted by atomic mass is 9.78. The van der Waals surface area contributed by atoms with Gasteiger partial charge in [0.1, 0.15) is 11.6 Å². The SMILES string of the molecule is Cc1cc(F)c(C2(C(=O)O)CCCC2)c(F)c1. The summed E-state index contributed by atoms with van der Waals surface area (Å²) >= 11 is 0. The molecule has 1 aromatic carbocycles. The fourth-order valence-corrected chi connectivity index (χ4v) is 2.71. The van der Waals surface area contributed by atoms with E-state index in [1.54, 1.807) is 6.92 Å². The predicted octanol–water partition coefficient (Wildman–Crippen LogP) is 3.17. The first-order valence-electron chi connectivity index (χ1n) is 5.67. The summed E-state index contributed by atoms with van der Waals surface area (Å²) in [5.41, 5.74) is -1.18. The second-order valence-corrected chi connectivity index (χ2v) is 4.70. The molecule has 0 spiro atoms. The van der Waals surface area contributed by atoms with E-state index >= 15 is 0 Å². The molecule has 0 heterocycles. The van der Waals surface area contributed by atoms with Crippen LogP contribution >= 0.6 is 0 Å². The number of aryl methyl sites for hydroxylation is 1. The topological polar surface area (TPSA) is 37.3 Å². The van der Waals surface area contributed by atoms with Crippen molar-refractivity contribution in [1.29, 1.82) is 0 Å². The first kappa shape index (κ1) is 12.0. The van der Waals surface area contributed by atoms with Crippen molar-refractivity contribution in [2.24, 2.45) is 0 Å². The van der Waals surface area contributed by atoms with E-state index in [2.05, 4.69) is 0 Å². The van der Waals surface area contributed by atoms with Gasteiger partial charge in [-0.3, -0.25) is 4.79 Å². The van der Waals surface area contributed by atoms with E-state index in [0.717, 1.165) is 0 Å². The van der Waals surface area contributed by atoms with Gasteiger partial charge < -0.3 is 5.11 Å². The molecule has 17 heavy (non-hydrogen) atoms. The van der Waals surface area contributed by atoms with Crippen LogP contribution in [0.15, 0.2) is 12.1 Å². The molecule has 1 aliphatic carbocycles. The highest BCUT2D eigenvalue weighted by molar-refractivity contribution is 5.82. The van der Waals surface area contributed by atoms with E-state index in [9.17, 15) is 18.7 Å². The molecular weight excluding hydrogens is 226 g/mol. The Morgan fingerprint density at radius 3 is 2.12 bits per heavy atom. The number of carboxylic acid groups (broad SMARTS) is 1. The second-order valence-electron chi connectivity index (χ2n) is 4.70. The van der Waals surface area contributed by atoms with E-state index in [1.165, 1.54) is 12.1 Å². The minimum absolute atomic E-state index is 0.270. The average Bonchev–Trinajstić information content (AvgIpc) is 2.66. The van der Waals surface area contributed by atoms with Gasteiger partial charge in [0.05, 0.1) is 5.41 Å². The Labute approximate surface area is 98.3 Å². The van der Waals surface area contributed by atoms with E-state index < -0.39 is 23.0 Å². The Morgan fingerprint density at radius 2 is 1.71 bits per heavy atom. The van der Waals surface area contributed by atoms with Crippen LogP contribution in [0, 0.1) is 18.6 Å². The lowest BCUT2D eigenvalue weighted by molar-refractivity contribution is -0.143. The van der Waals surface area contributed by atoms with E-state index in [0.29, 0.717) is 31.2 Å². The number of rotatable bonds is 2. The van der Waals surface area contributed by atoms with Gasteiger partial charge in [0.25, 0.3) is 0 Å². The summed E-state index contributed by atoms with van der Waals surface area (Å²) in [5.74, 6) is -2.62. The Bertz CT molecular complexity index is 439. The molecule has 1 saturated carbocycles. The van der Waals surface area contributed by atoms with Crippen LogP contribution in [0.4, 0.5) is 8.78 Å². The highest BCUT2D eigenvalue weighted by Gasteiger charge is 2.46. The zero-order chi connectivity index (χ0) is 12.6. The van der Waals surface area contributed by atoms with Crippen molar-refractivity contribution >= 4 is 5.97 Å². The van der Waals surface area contributed by atoms with Crippen molar-refractivity contribution in [2.75, 3.05) is 0 Å². The molecular formula is C13H14F2O2. The second kappa shape index (κ2) is 4.09. The molecule has 0 saturated heterocycles. The molecule has 92 valence electrons. The Kier molecular flexibility index (Phi) is 2.89. The third-order valence-corrected chi connectivity index (χ3v) is 3.53. The molecule has 0 amide bonds. The zero-order valence-corrected chi connectivity index (χ0v) is 9.59. The third kappa shape index (κ3) is 1.81. The standard InChI is InChI=1S/C13H14F2O2/c1-8-6-9(14)11(10(15)7-8)13(12(16)17)4-2-3-5-13/h6-7H,2-5H2,1H3,(H,16,17). The molecule has 1 aromatic rings. The number of hydrogen-bond acceptors (Lipinski definition) is 1. The maximum Gasteiger partial charge on any atom is 0.314 e. The fourth-order valence-electron chi connectivity index (χ4n) is 2.71. The number of carbonyl (C=O) groups is 1. The van der Waals surface area contributed by atoms with Crippen molar-refractivity contribution in [1.82, 2.24) is 0 Å². The number of hydrogen-bond donors (Lipinski definition) is 1. The summed E-state index contributed by atoms with van der Waals surface area (Å²) in [6.07, 6.45) is 2.00. The maximum absolute atomic E-state index is 13.9. The van der Waals surface area contributed by atoms with Crippen molar-refractivity contribution in [3.8, 4) is 0 Å². The van der Waals surface area contributed by atoms with Gasteiger partial charge >= 0.3 is 5.97 Å². The summed E-state index contributed by atoms with van der Waals surface area (Å²) < 4.78 is 27.7. The molecule has 0 atom stereocenters. The lowest BCUT2D eigenvalue weighted by Crippen LogP contribution is -2.34. The Morgan fingerprint density at radius 1 is 1.24 bits per heavy atom. The molecule has 0 bridgehead atoms. The van der Waals surface area contributed by atoms with Crippen LogP contribution in [0.3, 0.4) is 0 Å². The van der Waals surface area contributed by atoms with Gasteiger partial charge in [-0.15, -0.1) is 0 Å². The van der Waals surface area contributed by atoms with Crippen LogP contribution < -0.4 is 0 Å². The Balaban J connectivity index is 2.62. The van der Waals surface area contributed by atoms with Gasteiger partial charge in [0.2, 0.25) is 0 Å². The highest BCUT2D eigenvalue weighted by atomic mass is 19.1. The van der Waals surface area contributed by atoms with Gasteiger partial charge in [-0.1, -0.05) is 12.8 Å². The van der Waals surface area contributed by atoms with Gasteiger partial charge in [-0.05, 0) is 37.5 Å².